The first-order chi connectivity index (χ1) is 16.9. The summed E-state index contributed by atoms with van der Waals surface area (Å²) in [6, 6.07) is 8.86. The van der Waals surface area contributed by atoms with E-state index in [2.05, 4.69) is 15.7 Å². The first kappa shape index (κ1) is 22.9. The third-order valence-electron chi connectivity index (χ3n) is 5.94. The molecule has 2 amide bonds. The van der Waals surface area contributed by atoms with Crippen LogP contribution in [0.5, 0.6) is 0 Å². The molecule has 1 fully saturated rings. The quantitative estimate of drug-likeness (QED) is 0.361. The predicted molar refractivity (Wildman–Crippen MR) is 135 cm³/mol. The second kappa shape index (κ2) is 9.43. The van der Waals surface area contributed by atoms with Crippen LogP contribution >= 0.6 is 11.3 Å². The van der Waals surface area contributed by atoms with Crippen LogP contribution in [0.2, 0.25) is 0 Å². The summed E-state index contributed by atoms with van der Waals surface area (Å²) in [7, 11) is 1.62. The van der Waals surface area contributed by atoms with Gasteiger partial charge in [0.1, 0.15) is 11.9 Å². The number of hydrogen-bond donors (Lipinski definition) is 3. The lowest BCUT2D eigenvalue weighted by atomic mass is 10.0. The summed E-state index contributed by atoms with van der Waals surface area (Å²) in [5, 5.41) is 12.0. The number of pyridine rings is 1. The van der Waals surface area contributed by atoms with Crippen LogP contribution in [0.25, 0.3) is 27.5 Å². The van der Waals surface area contributed by atoms with Gasteiger partial charge < -0.3 is 21.3 Å². The zero-order valence-corrected chi connectivity index (χ0v) is 20.2. The molecule has 2 atom stereocenters. The number of thiophene rings is 1. The van der Waals surface area contributed by atoms with Crippen LogP contribution in [0.3, 0.4) is 0 Å². The van der Waals surface area contributed by atoms with E-state index in [1.807, 2.05) is 41.6 Å². The Morgan fingerprint density at radius 1 is 1.26 bits per heavy atom. The highest BCUT2D eigenvalue weighted by Crippen LogP contribution is 2.31. The van der Waals surface area contributed by atoms with E-state index >= 15 is 0 Å². The number of nitrogens with zero attached hydrogens (tertiary/aromatic N) is 5. The number of carbonyl (C=O) groups is 2. The van der Waals surface area contributed by atoms with Crippen molar-refractivity contribution in [1.82, 2.24) is 30.2 Å². The van der Waals surface area contributed by atoms with E-state index in [0.717, 1.165) is 17.0 Å². The fourth-order valence-electron chi connectivity index (χ4n) is 4.00. The van der Waals surface area contributed by atoms with Crippen LogP contribution in [-0.4, -0.2) is 63.6 Å². The largest absolute Gasteiger partial charge is 0.357 e. The van der Waals surface area contributed by atoms with Gasteiger partial charge in [0, 0.05) is 37.9 Å². The molecular weight excluding hydrogens is 464 g/mol. The molecule has 10 nitrogen and oxygen atoms in total. The van der Waals surface area contributed by atoms with Crippen molar-refractivity contribution in [2.24, 2.45) is 5.73 Å². The van der Waals surface area contributed by atoms with Crippen LogP contribution in [-0.2, 0) is 4.79 Å². The Morgan fingerprint density at radius 3 is 2.80 bits per heavy atom. The van der Waals surface area contributed by atoms with Gasteiger partial charge in [-0.25, -0.2) is 14.5 Å². The van der Waals surface area contributed by atoms with E-state index < -0.39 is 0 Å². The Labute approximate surface area is 206 Å². The Balaban J connectivity index is 1.59. The summed E-state index contributed by atoms with van der Waals surface area (Å²) in [6.45, 7) is 2.84. The van der Waals surface area contributed by atoms with Crippen LogP contribution in [0.4, 0.5) is 5.82 Å². The maximum Gasteiger partial charge on any atom is 0.251 e. The number of hydrogen-bond acceptors (Lipinski definition) is 8. The third kappa shape index (κ3) is 4.47. The smallest absolute Gasteiger partial charge is 0.251 e. The van der Waals surface area contributed by atoms with E-state index in [9.17, 15) is 9.59 Å². The number of aromatic nitrogens is 4. The predicted octanol–water partition coefficient (Wildman–Crippen LogP) is 1.92. The Hall–Kier alpha value is -3.83. The fourth-order valence-corrected chi connectivity index (χ4v) is 4.70. The molecule has 4 N–H and O–H groups in total. The summed E-state index contributed by atoms with van der Waals surface area (Å²) in [4.78, 5) is 37.9. The van der Waals surface area contributed by atoms with Crippen molar-refractivity contribution in [2.75, 3.05) is 25.0 Å². The molecule has 0 saturated carbocycles. The Morgan fingerprint density at radius 2 is 2.11 bits per heavy atom. The molecule has 0 aliphatic carbocycles. The first-order valence-corrected chi connectivity index (χ1v) is 12.3. The van der Waals surface area contributed by atoms with Gasteiger partial charge in [-0.3, -0.25) is 9.59 Å². The minimum absolute atomic E-state index is 0.0790. The van der Waals surface area contributed by atoms with Crippen LogP contribution in [0, 0.1) is 0 Å². The number of fused-ring (bicyclic) bond motifs is 1. The molecule has 4 aromatic heterocycles. The number of carbonyl (C=O) groups excluding carboxylic acids is 2. The molecule has 35 heavy (non-hydrogen) atoms. The number of likely N-dealkylation sites (N-methyl/N-ethyl adjacent to an activating group) is 1. The summed E-state index contributed by atoms with van der Waals surface area (Å²) in [6.07, 6.45) is 4.28. The summed E-state index contributed by atoms with van der Waals surface area (Å²) < 4.78 is 1.69. The van der Waals surface area contributed by atoms with Gasteiger partial charge in [-0.2, -0.15) is 5.10 Å². The van der Waals surface area contributed by atoms with Crippen molar-refractivity contribution in [2.45, 2.75) is 25.4 Å². The molecule has 0 aromatic carbocycles. The maximum atomic E-state index is 13.0. The average Bonchev–Trinajstić information content (AvgIpc) is 3.51. The number of anilines is 1. The van der Waals surface area contributed by atoms with Crippen LogP contribution in [0.1, 0.15) is 23.7 Å². The minimum Gasteiger partial charge on any atom is -0.357 e. The second-order valence-electron chi connectivity index (χ2n) is 8.52. The Bertz CT molecular complexity index is 1380. The van der Waals surface area contributed by atoms with Gasteiger partial charge in [-0.05, 0) is 43.0 Å². The lowest BCUT2D eigenvalue weighted by molar-refractivity contribution is -0.123. The summed E-state index contributed by atoms with van der Waals surface area (Å²) in [5.74, 6) is 0.222. The van der Waals surface area contributed by atoms with E-state index in [0.29, 0.717) is 41.4 Å². The molecule has 11 heteroatoms. The molecule has 1 aliphatic rings. The van der Waals surface area contributed by atoms with Crippen molar-refractivity contribution in [3.05, 3.63) is 53.7 Å². The lowest BCUT2D eigenvalue weighted by Crippen LogP contribution is -2.56. The molecule has 5 rings (SSSR count). The third-order valence-corrected chi connectivity index (χ3v) is 6.83. The van der Waals surface area contributed by atoms with Gasteiger partial charge in [0.15, 0.2) is 5.65 Å². The van der Waals surface area contributed by atoms with Crippen molar-refractivity contribution < 1.29 is 9.59 Å². The highest BCUT2D eigenvalue weighted by Gasteiger charge is 2.35. The van der Waals surface area contributed by atoms with Gasteiger partial charge >= 0.3 is 0 Å². The summed E-state index contributed by atoms with van der Waals surface area (Å²) >= 11 is 1.61. The standard InChI is InChI=1S/C24H26N8O2S/c1-14(25)12-27-23(33)15-10-18(29-21(11-15)31-7-6-19(31)24(34)26-2)16-13-28-32-8-5-17(30-22(16)32)20-4-3-9-35-20/h3-5,8-11,13-14,19H,6-7,12,25H2,1-2H3,(H,26,34)(H,27,33). The topological polar surface area (TPSA) is 131 Å². The van der Waals surface area contributed by atoms with Crippen molar-refractivity contribution >= 4 is 34.6 Å². The fraction of sp³-hybridized carbons (Fsp3) is 0.292. The van der Waals surface area contributed by atoms with E-state index in [1.165, 1.54) is 0 Å². The molecule has 0 bridgehead atoms. The number of nitrogens with one attached hydrogen (secondary N) is 2. The SMILES string of the molecule is CNC(=O)C1CCN1c1cc(C(=O)NCC(C)N)cc(-c2cnn3ccc(-c4cccs4)nc23)n1. The van der Waals surface area contributed by atoms with Gasteiger partial charge in [0.25, 0.3) is 5.91 Å². The lowest BCUT2D eigenvalue weighted by Gasteiger charge is -2.40. The monoisotopic (exact) mass is 490 g/mol. The second-order valence-corrected chi connectivity index (χ2v) is 9.46. The van der Waals surface area contributed by atoms with Crippen LogP contribution in [0.15, 0.2) is 48.1 Å². The van der Waals surface area contributed by atoms with Gasteiger partial charge in [-0.1, -0.05) is 6.07 Å². The minimum atomic E-state index is -0.324. The molecule has 1 saturated heterocycles. The molecule has 5 heterocycles. The van der Waals surface area contributed by atoms with Gasteiger partial charge in [-0.15, -0.1) is 11.3 Å². The van der Waals surface area contributed by atoms with Crippen molar-refractivity contribution in [3.63, 3.8) is 0 Å². The summed E-state index contributed by atoms with van der Waals surface area (Å²) in [5.41, 5.74) is 8.98. The van der Waals surface area contributed by atoms with Crippen molar-refractivity contribution in [1.29, 1.82) is 0 Å². The van der Waals surface area contributed by atoms with Crippen molar-refractivity contribution in [3.8, 4) is 21.8 Å². The number of rotatable bonds is 7. The van der Waals surface area contributed by atoms with Gasteiger partial charge in [0.05, 0.1) is 28.0 Å². The zero-order valence-electron chi connectivity index (χ0n) is 19.4. The molecular formula is C24H26N8O2S. The van der Waals surface area contributed by atoms with E-state index in [4.69, 9.17) is 15.7 Å². The molecule has 0 radical (unpaired) electrons. The highest BCUT2D eigenvalue weighted by molar-refractivity contribution is 7.13. The van der Waals surface area contributed by atoms with E-state index in [1.54, 1.807) is 41.2 Å². The number of amides is 2. The first-order valence-electron chi connectivity index (χ1n) is 11.4. The van der Waals surface area contributed by atoms with E-state index in [-0.39, 0.29) is 23.9 Å². The Kier molecular flexibility index (Phi) is 6.18. The molecule has 4 aromatic rings. The van der Waals surface area contributed by atoms with Crippen LogP contribution < -0.4 is 21.3 Å². The highest BCUT2D eigenvalue weighted by atomic mass is 32.1. The molecule has 2 unspecified atom stereocenters. The zero-order chi connectivity index (χ0) is 24.5. The average molecular weight is 491 g/mol. The van der Waals surface area contributed by atoms with Gasteiger partial charge in [0.2, 0.25) is 5.91 Å². The number of nitrogens with two attached hydrogens (primary N) is 1. The normalized spacial score (nSPS) is 16.1. The molecule has 0 spiro atoms. The maximum absolute atomic E-state index is 13.0. The molecule has 180 valence electrons. The molecule has 1 aliphatic heterocycles.